The second-order valence-corrected chi connectivity index (χ2v) is 4.20. The van der Waals surface area contributed by atoms with Gasteiger partial charge in [-0.05, 0) is 6.92 Å². The first kappa shape index (κ1) is 11.1. The van der Waals surface area contributed by atoms with Gasteiger partial charge in [-0.3, -0.25) is 9.59 Å². The van der Waals surface area contributed by atoms with E-state index in [1.54, 1.807) is 4.90 Å². The fraction of sp³-hybridized carbons (Fsp3) is 0.700. The predicted octanol–water partition coefficient (Wildman–Crippen LogP) is -0.927. The molecule has 0 spiro atoms. The Kier molecular flexibility index (Phi) is 3.19. The van der Waals surface area contributed by atoms with E-state index in [1.165, 1.54) is 0 Å². The molecule has 0 saturated carbocycles. The molecule has 2 rings (SSSR count). The van der Waals surface area contributed by atoms with Crippen LogP contribution in [0, 0.1) is 0 Å². The molecule has 2 amide bonds. The molecule has 0 aromatic carbocycles. The maximum Gasteiger partial charge on any atom is 0.270 e. The summed E-state index contributed by atoms with van der Waals surface area (Å²) < 4.78 is 0. The Hall–Kier alpha value is -1.43. The molecule has 2 heterocycles. The van der Waals surface area contributed by atoms with Crippen LogP contribution in [0.3, 0.4) is 0 Å². The molecule has 1 unspecified atom stereocenters. The molecule has 0 aromatic rings. The Morgan fingerprint density at radius 2 is 2.31 bits per heavy atom. The zero-order chi connectivity index (χ0) is 11.5. The largest absolute Gasteiger partial charge is 0.335 e. The first-order valence-corrected chi connectivity index (χ1v) is 5.55. The molecule has 0 aromatic heterocycles. The molecule has 0 aliphatic carbocycles. The normalized spacial score (nSPS) is 26.1. The van der Waals surface area contributed by atoms with Crippen LogP contribution in [0.25, 0.3) is 0 Å². The summed E-state index contributed by atoms with van der Waals surface area (Å²) in [6, 6.07) is 0.316. The highest BCUT2D eigenvalue weighted by Gasteiger charge is 2.26. The molecule has 1 fully saturated rings. The van der Waals surface area contributed by atoms with Crippen LogP contribution in [0.2, 0.25) is 0 Å². The van der Waals surface area contributed by atoms with Gasteiger partial charge in [-0.25, -0.2) is 5.43 Å². The molecule has 2 N–H and O–H groups in total. The van der Waals surface area contributed by atoms with Crippen LogP contribution < -0.4 is 10.7 Å². The van der Waals surface area contributed by atoms with E-state index in [2.05, 4.69) is 15.8 Å². The Labute approximate surface area is 94.1 Å². The molecule has 88 valence electrons. The van der Waals surface area contributed by atoms with Crippen molar-refractivity contribution >= 4 is 17.5 Å². The molecule has 16 heavy (non-hydrogen) atoms. The fourth-order valence-corrected chi connectivity index (χ4v) is 1.93. The average Bonchev–Trinajstić information content (AvgIpc) is 2.29. The van der Waals surface area contributed by atoms with E-state index in [1.807, 2.05) is 6.92 Å². The van der Waals surface area contributed by atoms with Crippen LogP contribution in [0.1, 0.15) is 19.8 Å². The van der Waals surface area contributed by atoms with Crippen molar-refractivity contribution in [3.63, 3.8) is 0 Å². The molecule has 1 saturated heterocycles. The van der Waals surface area contributed by atoms with Gasteiger partial charge in [0.1, 0.15) is 5.71 Å². The summed E-state index contributed by atoms with van der Waals surface area (Å²) in [5, 5.41) is 7.09. The quantitative estimate of drug-likeness (QED) is 0.604. The molecule has 6 heteroatoms. The van der Waals surface area contributed by atoms with Crippen molar-refractivity contribution < 1.29 is 9.59 Å². The van der Waals surface area contributed by atoms with Gasteiger partial charge in [0.15, 0.2) is 0 Å². The number of nitrogens with zero attached hydrogens (tertiary/aromatic N) is 2. The number of carbonyl (C=O) groups is 2. The predicted molar refractivity (Wildman–Crippen MR) is 58.9 cm³/mol. The number of hydrazone groups is 1. The van der Waals surface area contributed by atoms with Crippen molar-refractivity contribution in [2.75, 3.05) is 19.6 Å². The first-order chi connectivity index (χ1) is 7.66. The van der Waals surface area contributed by atoms with Gasteiger partial charge < -0.3 is 10.2 Å². The molecular weight excluding hydrogens is 208 g/mol. The smallest absolute Gasteiger partial charge is 0.270 e. The molecule has 2 aliphatic heterocycles. The third-order valence-electron chi connectivity index (χ3n) is 2.81. The van der Waals surface area contributed by atoms with Gasteiger partial charge in [0, 0.05) is 38.5 Å². The number of amides is 2. The minimum atomic E-state index is -0.120. The van der Waals surface area contributed by atoms with E-state index in [9.17, 15) is 9.59 Å². The van der Waals surface area contributed by atoms with Gasteiger partial charge in [0.2, 0.25) is 5.91 Å². The van der Waals surface area contributed by atoms with Crippen molar-refractivity contribution in [2.45, 2.75) is 25.8 Å². The SMILES string of the molecule is CC1CN(C(=O)C2=NNC(=O)CC2)CCN1. The Bertz CT molecular complexity index is 340. The minimum Gasteiger partial charge on any atom is -0.335 e. The van der Waals surface area contributed by atoms with Crippen LogP contribution >= 0.6 is 0 Å². The molecule has 0 bridgehead atoms. The highest BCUT2D eigenvalue weighted by atomic mass is 16.2. The van der Waals surface area contributed by atoms with Crippen molar-refractivity contribution in [3.05, 3.63) is 0 Å². The number of nitrogens with one attached hydrogen (secondary N) is 2. The third-order valence-corrected chi connectivity index (χ3v) is 2.81. The summed E-state index contributed by atoms with van der Waals surface area (Å²) in [6.45, 7) is 4.26. The lowest BCUT2D eigenvalue weighted by Crippen LogP contribution is -2.53. The third kappa shape index (κ3) is 2.38. The highest BCUT2D eigenvalue weighted by Crippen LogP contribution is 2.06. The molecular formula is C10H16N4O2. The van der Waals surface area contributed by atoms with Crippen LogP contribution in [0.15, 0.2) is 5.10 Å². The highest BCUT2D eigenvalue weighted by molar-refractivity contribution is 6.39. The van der Waals surface area contributed by atoms with E-state index in [0.29, 0.717) is 37.7 Å². The Morgan fingerprint density at radius 1 is 1.50 bits per heavy atom. The molecule has 0 radical (unpaired) electrons. The maximum atomic E-state index is 12.0. The van der Waals surface area contributed by atoms with Crippen LogP contribution in [0.5, 0.6) is 0 Å². The lowest BCUT2D eigenvalue weighted by Gasteiger charge is -2.32. The number of hydrogen-bond acceptors (Lipinski definition) is 4. The first-order valence-electron chi connectivity index (χ1n) is 5.55. The summed E-state index contributed by atoms with van der Waals surface area (Å²) in [7, 11) is 0. The van der Waals surface area contributed by atoms with Gasteiger partial charge in [-0.1, -0.05) is 0 Å². The second kappa shape index (κ2) is 4.61. The average molecular weight is 224 g/mol. The standard InChI is InChI=1S/C10H16N4O2/c1-7-6-14(5-4-11-7)10(16)8-2-3-9(15)13-12-8/h7,11H,2-6H2,1H3,(H,13,15). The molecule has 6 nitrogen and oxygen atoms in total. The van der Waals surface area contributed by atoms with Crippen molar-refractivity contribution in [1.29, 1.82) is 0 Å². The van der Waals surface area contributed by atoms with Gasteiger partial charge >= 0.3 is 0 Å². The zero-order valence-electron chi connectivity index (χ0n) is 9.32. The van der Waals surface area contributed by atoms with Gasteiger partial charge in [-0.15, -0.1) is 0 Å². The monoisotopic (exact) mass is 224 g/mol. The Balaban J connectivity index is 1.99. The van der Waals surface area contributed by atoms with Crippen molar-refractivity contribution in [2.24, 2.45) is 5.10 Å². The number of piperazine rings is 1. The summed E-state index contributed by atoms with van der Waals surface area (Å²) in [5.74, 6) is -0.168. The van der Waals surface area contributed by atoms with Gasteiger partial charge in [0.25, 0.3) is 5.91 Å². The Morgan fingerprint density at radius 3 is 2.94 bits per heavy atom. The lowest BCUT2D eigenvalue weighted by atomic mass is 10.1. The zero-order valence-corrected chi connectivity index (χ0v) is 9.32. The van der Waals surface area contributed by atoms with E-state index >= 15 is 0 Å². The second-order valence-electron chi connectivity index (χ2n) is 4.20. The van der Waals surface area contributed by atoms with E-state index in [4.69, 9.17) is 0 Å². The van der Waals surface area contributed by atoms with Crippen molar-refractivity contribution in [3.8, 4) is 0 Å². The van der Waals surface area contributed by atoms with E-state index in [0.717, 1.165) is 6.54 Å². The number of carbonyl (C=O) groups excluding carboxylic acids is 2. The molecule has 1 atom stereocenters. The fourth-order valence-electron chi connectivity index (χ4n) is 1.93. The van der Waals surface area contributed by atoms with E-state index in [-0.39, 0.29) is 11.8 Å². The van der Waals surface area contributed by atoms with E-state index < -0.39 is 0 Å². The van der Waals surface area contributed by atoms with Crippen LogP contribution in [-0.4, -0.2) is 48.1 Å². The molecule has 2 aliphatic rings. The summed E-state index contributed by atoms with van der Waals surface area (Å²) in [5.41, 5.74) is 2.82. The van der Waals surface area contributed by atoms with Gasteiger partial charge in [0.05, 0.1) is 0 Å². The summed E-state index contributed by atoms with van der Waals surface area (Å²) >= 11 is 0. The maximum absolute atomic E-state index is 12.0. The van der Waals surface area contributed by atoms with Crippen LogP contribution in [-0.2, 0) is 9.59 Å². The minimum absolute atomic E-state index is 0.0478. The summed E-state index contributed by atoms with van der Waals surface area (Å²) in [6.07, 6.45) is 0.801. The van der Waals surface area contributed by atoms with Crippen molar-refractivity contribution in [1.82, 2.24) is 15.6 Å². The number of hydrogen-bond donors (Lipinski definition) is 2. The van der Waals surface area contributed by atoms with Crippen LogP contribution in [0.4, 0.5) is 0 Å². The number of rotatable bonds is 1. The lowest BCUT2D eigenvalue weighted by molar-refractivity contribution is -0.125. The van der Waals surface area contributed by atoms with Gasteiger partial charge in [-0.2, -0.15) is 5.10 Å². The topological polar surface area (TPSA) is 73.8 Å². The summed E-state index contributed by atoms with van der Waals surface area (Å²) in [4.78, 5) is 24.7.